The number of nitrogens with zero attached hydrogens (tertiary/aromatic N) is 1. The van der Waals surface area contributed by atoms with Crippen molar-refractivity contribution < 1.29 is 0 Å². The minimum atomic E-state index is 0.321. The molecule has 2 fully saturated rings. The van der Waals surface area contributed by atoms with Crippen molar-refractivity contribution in [2.24, 2.45) is 11.7 Å². The van der Waals surface area contributed by atoms with Crippen LogP contribution in [0.25, 0.3) is 0 Å². The van der Waals surface area contributed by atoms with Crippen molar-refractivity contribution in [3.63, 3.8) is 0 Å². The van der Waals surface area contributed by atoms with Gasteiger partial charge in [-0.15, -0.1) is 0 Å². The van der Waals surface area contributed by atoms with Crippen molar-refractivity contribution in [1.29, 1.82) is 0 Å². The predicted molar refractivity (Wildman–Crippen MR) is 77.5 cm³/mol. The van der Waals surface area contributed by atoms with Crippen LogP contribution in [-0.2, 0) is 0 Å². The molecule has 2 heterocycles. The number of nitrogens with two attached hydrogens (primary N) is 1. The van der Waals surface area contributed by atoms with Crippen LogP contribution in [0.4, 0.5) is 0 Å². The SMILES string of the molecule is CCCC1CCN(C2(CN)CCSC2C)CC1. The van der Waals surface area contributed by atoms with Crippen LogP contribution < -0.4 is 5.73 Å². The Morgan fingerprint density at radius 2 is 2.06 bits per heavy atom. The average Bonchev–Trinajstić information content (AvgIpc) is 2.73. The zero-order chi connectivity index (χ0) is 12.3. The zero-order valence-electron chi connectivity index (χ0n) is 11.5. The number of piperidine rings is 1. The highest BCUT2D eigenvalue weighted by molar-refractivity contribution is 8.00. The van der Waals surface area contributed by atoms with E-state index in [0.717, 1.165) is 17.7 Å². The van der Waals surface area contributed by atoms with E-state index in [1.54, 1.807) is 0 Å². The summed E-state index contributed by atoms with van der Waals surface area (Å²) in [7, 11) is 0. The first kappa shape index (κ1) is 13.7. The highest BCUT2D eigenvalue weighted by atomic mass is 32.2. The molecule has 0 aromatic carbocycles. The molecule has 100 valence electrons. The lowest BCUT2D eigenvalue weighted by atomic mass is 9.85. The van der Waals surface area contributed by atoms with E-state index in [1.807, 2.05) is 0 Å². The first-order chi connectivity index (χ1) is 8.23. The Morgan fingerprint density at radius 1 is 1.35 bits per heavy atom. The first-order valence-electron chi connectivity index (χ1n) is 7.29. The van der Waals surface area contributed by atoms with Crippen LogP contribution in [-0.4, -0.2) is 41.1 Å². The third kappa shape index (κ3) is 2.66. The second kappa shape index (κ2) is 5.94. The van der Waals surface area contributed by atoms with Crippen LogP contribution in [0, 0.1) is 5.92 Å². The summed E-state index contributed by atoms with van der Waals surface area (Å²) in [6.45, 7) is 8.10. The van der Waals surface area contributed by atoms with Gasteiger partial charge in [0.15, 0.2) is 0 Å². The van der Waals surface area contributed by atoms with E-state index in [9.17, 15) is 0 Å². The van der Waals surface area contributed by atoms with Crippen LogP contribution in [0.3, 0.4) is 0 Å². The van der Waals surface area contributed by atoms with Crippen LogP contribution in [0.15, 0.2) is 0 Å². The molecular formula is C14H28N2S. The highest BCUT2D eigenvalue weighted by Crippen LogP contribution is 2.41. The van der Waals surface area contributed by atoms with Gasteiger partial charge in [-0.1, -0.05) is 26.7 Å². The molecule has 2 unspecified atom stereocenters. The topological polar surface area (TPSA) is 29.3 Å². The van der Waals surface area contributed by atoms with E-state index < -0.39 is 0 Å². The Bertz CT molecular complexity index is 238. The maximum Gasteiger partial charge on any atom is 0.0455 e. The van der Waals surface area contributed by atoms with Gasteiger partial charge in [0.25, 0.3) is 0 Å². The molecule has 0 saturated carbocycles. The van der Waals surface area contributed by atoms with E-state index in [1.165, 1.54) is 50.9 Å². The number of thioether (sulfide) groups is 1. The largest absolute Gasteiger partial charge is 0.329 e. The summed E-state index contributed by atoms with van der Waals surface area (Å²) in [4.78, 5) is 2.73. The molecule has 0 bridgehead atoms. The van der Waals surface area contributed by atoms with Gasteiger partial charge < -0.3 is 5.73 Å². The second-order valence-electron chi connectivity index (χ2n) is 5.79. The fraction of sp³-hybridized carbons (Fsp3) is 1.00. The highest BCUT2D eigenvalue weighted by Gasteiger charge is 2.45. The molecule has 2 aliphatic heterocycles. The maximum absolute atomic E-state index is 6.13. The summed E-state index contributed by atoms with van der Waals surface area (Å²) in [5.74, 6) is 2.28. The van der Waals surface area contributed by atoms with Crippen LogP contribution in [0.5, 0.6) is 0 Å². The third-order valence-electron chi connectivity index (χ3n) is 4.95. The van der Waals surface area contributed by atoms with Crippen molar-refractivity contribution in [3.8, 4) is 0 Å². The Balaban J connectivity index is 1.94. The average molecular weight is 256 g/mol. The van der Waals surface area contributed by atoms with Crippen LogP contribution in [0.1, 0.15) is 46.0 Å². The van der Waals surface area contributed by atoms with Crippen molar-refractivity contribution in [2.45, 2.75) is 56.7 Å². The lowest BCUT2D eigenvalue weighted by molar-refractivity contribution is 0.0561. The number of hydrogen-bond donors (Lipinski definition) is 1. The standard InChI is InChI=1S/C14H28N2S/c1-3-4-13-5-8-16(9-6-13)14(11-15)7-10-17-12(14)2/h12-13H,3-11,15H2,1-2H3. The Morgan fingerprint density at radius 3 is 2.53 bits per heavy atom. The van der Waals surface area contributed by atoms with Gasteiger partial charge in [0.2, 0.25) is 0 Å². The number of hydrogen-bond acceptors (Lipinski definition) is 3. The third-order valence-corrected chi connectivity index (χ3v) is 6.33. The summed E-state index contributed by atoms with van der Waals surface area (Å²) >= 11 is 2.11. The quantitative estimate of drug-likeness (QED) is 0.838. The molecule has 2 atom stereocenters. The Labute approximate surface area is 111 Å². The van der Waals surface area contributed by atoms with Gasteiger partial charge in [-0.25, -0.2) is 0 Å². The maximum atomic E-state index is 6.13. The molecule has 2 N–H and O–H groups in total. The molecule has 0 radical (unpaired) electrons. The molecule has 2 nitrogen and oxygen atoms in total. The number of likely N-dealkylation sites (tertiary alicyclic amines) is 1. The van der Waals surface area contributed by atoms with E-state index in [4.69, 9.17) is 5.73 Å². The minimum absolute atomic E-state index is 0.321. The number of rotatable bonds is 4. The molecule has 0 aromatic rings. The molecule has 17 heavy (non-hydrogen) atoms. The monoisotopic (exact) mass is 256 g/mol. The molecule has 0 amide bonds. The summed E-state index contributed by atoms with van der Waals surface area (Å²) in [6.07, 6.45) is 6.86. The van der Waals surface area contributed by atoms with Gasteiger partial charge in [-0.3, -0.25) is 4.90 Å². The van der Waals surface area contributed by atoms with Crippen molar-refractivity contribution in [1.82, 2.24) is 4.90 Å². The lowest BCUT2D eigenvalue weighted by Crippen LogP contribution is -2.59. The van der Waals surface area contributed by atoms with Crippen molar-refractivity contribution in [3.05, 3.63) is 0 Å². The normalized spacial score (nSPS) is 36.5. The van der Waals surface area contributed by atoms with Crippen molar-refractivity contribution >= 4 is 11.8 Å². The predicted octanol–water partition coefficient (Wildman–Crippen LogP) is 2.72. The van der Waals surface area contributed by atoms with Crippen molar-refractivity contribution in [2.75, 3.05) is 25.4 Å². The molecule has 0 aliphatic carbocycles. The summed E-state index contributed by atoms with van der Waals surface area (Å²) < 4.78 is 0. The van der Waals surface area contributed by atoms with E-state index in [2.05, 4.69) is 30.5 Å². The van der Waals surface area contributed by atoms with E-state index in [0.29, 0.717) is 5.54 Å². The fourth-order valence-corrected chi connectivity index (χ4v) is 5.16. The first-order valence-corrected chi connectivity index (χ1v) is 8.34. The summed E-state index contributed by atoms with van der Waals surface area (Å²) in [6, 6.07) is 0. The molecule has 0 aromatic heterocycles. The van der Waals surface area contributed by atoms with E-state index in [-0.39, 0.29) is 0 Å². The summed E-state index contributed by atoms with van der Waals surface area (Å²) in [5, 5.41) is 0.718. The molecular weight excluding hydrogens is 228 g/mol. The molecule has 3 heteroatoms. The Hall–Kier alpha value is 0.270. The second-order valence-corrected chi connectivity index (χ2v) is 7.24. The van der Waals surface area contributed by atoms with Gasteiger partial charge in [0.05, 0.1) is 0 Å². The molecule has 2 saturated heterocycles. The van der Waals surface area contributed by atoms with E-state index >= 15 is 0 Å². The Kier molecular flexibility index (Phi) is 4.79. The van der Waals surface area contributed by atoms with Crippen LogP contribution >= 0.6 is 11.8 Å². The molecule has 0 spiro atoms. The van der Waals surface area contributed by atoms with Gasteiger partial charge in [0.1, 0.15) is 0 Å². The van der Waals surface area contributed by atoms with Gasteiger partial charge in [0, 0.05) is 17.3 Å². The van der Waals surface area contributed by atoms with Gasteiger partial charge in [-0.05, 0) is 44.0 Å². The fourth-order valence-electron chi connectivity index (χ4n) is 3.66. The van der Waals surface area contributed by atoms with Gasteiger partial charge in [-0.2, -0.15) is 11.8 Å². The smallest absolute Gasteiger partial charge is 0.0455 e. The molecule has 2 rings (SSSR count). The summed E-state index contributed by atoms with van der Waals surface area (Å²) in [5.41, 5.74) is 6.45. The molecule has 2 aliphatic rings. The van der Waals surface area contributed by atoms with Gasteiger partial charge >= 0.3 is 0 Å². The zero-order valence-corrected chi connectivity index (χ0v) is 12.3. The van der Waals surface area contributed by atoms with Crippen LogP contribution in [0.2, 0.25) is 0 Å². The lowest BCUT2D eigenvalue weighted by Gasteiger charge is -2.46. The minimum Gasteiger partial charge on any atom is -0.329 e.